The molecule has 1 aliphatic rings. The molecule has 2 rings (SSSR count). The summed E-state index contributed by atoms with van der Waals surface area (Å²) in [4.78, 5) is 27.6. The minimum atomic E-state index is -1.18. The fourth-order valence-corrected chi connectivity index (χ4v) is 1.92. The van der Waals surface area contributed by atoms with Crippen LogP contribution in [0.3, 0.4) is 0 Å². The summed E-state index contributed by atoms with van der Waals surface area (Å²) in [5, 5.41) is 18.4. The van der Waals surface area contributed by atoms with Crippen molar-refractivity contribution < 1.29 is 24.2 Å². The number of likely N-dealkylation sites (tertiary alicyclic amines) is 1. The van der Waals surface area contributed by atoms with E-state index in [0.717, 1.165) is 17.2 Å². The first-order chi connectivity index (χ1) is 8.49. The second kappa shape index (κ2) is 4.69. The Labute approximate surface area is 102 Å². The summed E-state index contributed by atoms with van der Waals surface area (Å²) in [7, 11) is 0. The smallest absolute Gasteiger partial charge is 0.326 e. The highest BCUT2D eigenvalue weighted by atomic mass is 19.1. The van der Waals surface area contributed by atoms with Crippen LogP contribution in [0.4, 0.5) is 4.39 Å². The molecule has 0 saturated carbocycles. The Bertz CT molecular complexity index is 476. The fraction of sp³-hybridized carbons (Fsp3) is 0.364. The molecule has 1 aromatic rings. The lowest BCUT2D eigenvalue weighted by Crippen LogP contribution is -2.40. The van der Waals surface area contributed by atoms with Crippen LogP contribution < -0.4 is 0 Å². The van der Waals surface area contributed by atoms with E-state index >= 15 is 0 Å². The Balaban J connectivity index is 2.22. The Kier molecular flexibility index (Phi) is 3.24. The quantitative estimate of drug-likeness (QED) is 0.767. The molecule has 1 unspecified atom stereocenters. The van der Waals surface area contributed by atoms with Gasteiger partial charge in [-0.1, -0.05) is 0 Å². The van der Waals surface area contributed by atoms with E-state index in [2.05, 4.69) is 4.98 Å². The van der Waals surface area contributed by atoms with Gasteiger partial charge in [0.25, 0.3) is 5.91 Å². The number of carboxylic acids is 1. The molecule has 2 heterocycles. The zero-order valence-corrected chi connectivity index (χ0v) is 9.28. The summed E-state index contributed by atoms with van der Waals surface area (Å²) in [5.74, 6) is -2.39. The summed E-state index contributed by atoms with van der Waals surface area (Å²) >= 11 is 0. The van der Waals surface area contributed by atoms with Crippen molar-refractivity contribution in [2.75, 3.05) is 6.54 Å². The molecule has 0 bridgehead atoms. The number of carboxylic acid groups (broad SMARTS) is 1. The predicted molar refractivity (Wildman–Crippen MR) is 57.3 cm³/mol. The number of carbonyl (C=O) groups is 2. The molecule has 0 aliphatic carbocycles. The Morgan fingerprint density at radius 3 is 2.72 bits per heavy atom. The van der Waals surface area contributed by atoms with Crippen molar-refractivity contribution in [2.45, 2.75) is 18.6 Å². The van der Waals surface area contributed by atoms with Crippen LogP contribution in [0.15, 0.2) is 18.3 Å². The third-order valence-corrected chi connectivity index (χ3v) is 2.77. The standard InChI is InChI=1S/C11H11FN2O4/c12-6-1-2-8(13-4-6)10(16)14-5-7(15)3-9(14)11(17)18/h1-2,4,7,9,15H,3,5H2,(H,17,18)/t7?,9-/m0/s1. The Morgan fingerprint density at radius 1 is 1.44 bits per heavy atom. The average molecular weight is 254 g/mol. The number of nitrogens with zero attached hydrogens (tertiary/aromatic N) is 2. The zero-order valence-electron chi connectivity index (χ0n) is 9.28. The molecular formula is C11H11FN2O4. The molecule has 18 heavy (non-hydrogen) atoms. The lowest BCUT2D eigenvalue weighted by molar-refractivity contribution is -0.141. The monoisotopic (exact) mass is 254 g/mol. The van der Waals surface area contributed by atoms with E-state index in [4.69, 9.17) is 5.11 Å². The second-order valence-corrected chi connectivity index (χ2v) is 4.06. The number of aromatic nitrogens is 1. The molecule has 96 valence electrons. The van der Waals surface area contributed by atoms with Gasteiger partial charge < -0.3 is 15.1 Å². The number of amides is 1. The van der Waals surface area contributed by atoms with Crippen LogP contribution in [-0.2, 0) is 4.79 Å². The van der Waals surface area contributed by atoms with Gasteiger partial charge in [0.2, 0.25) is 0 Å². The highest BCUT2D eigenvalue weighted by Gasteiger charge is 2.39. The second-order valence-electron chi connectivity index (χ2n) is 4.06. The molecule has 6 nitrogen and oxygen atoms in total. The van der Waals surface area contributed by atoms with Gasteiger partial charge in [0, 0.05) is 13.0 Å². The topological polar surface area (TPSA) is 90.7 Å². The fourth-order valence-electron chi connectivity index (χ4n) is 1.92. The first-order valence-electron chi connectivity index (χ1n) is 5.32. The van der Waals surface area contributed by atoms with Crippen molar-refractivity contribution in [3.8, 4) is 0 Å². The largest absolute Gasteiger partial charge is 0.480 e. The van der Waals surface area contributed by atoms with E-state index in [1.165, 1.54) is 6.07 Å². The van der Waals surface area contributed by atoms with Gasteiger partial charge in [-0.25, -0.2) is 14.2 Å². The van der Waals surface area contributed by atoms with Crippen LogP contribution in [0.2, 0.25) is 0 Å². The first-order valence-corrected chi connectivity index (χ1v) is 5.32. The molecule has 1 fully saturated rings. The summed E-state index contributed by atoms with van der Waals surface area (Å²) in [5.41, 5.74) is -0.0447. The van der Waals surface area contributed by atoms with Gasteiger partial charge in [-0.15, -0.1) is 0 Å². The van der Waals surface area contributed by atoms with Crippen molar-refractivity contribution in [2.24, 2.45) is 0 Å². The normalized spacial score (nSPS) is 23.1. The highest BCUT2D eigenvalue weighted by molar-refractivity contribution is 5.95. The lowest BCUT2D eigenvalue weighted by atomic mass is 10.2. The van der Waals surface area contributed by atoms with Crippen LogP contribution in [0, 0.1) is 5.82 Å². The number of aliphatic carboxylic acids is 1. The molecule has 0 spiro atoms. The molecule has 1 aromatic heterocycles. The third-order valence-electron chi connectivity index (χ3n) is 2.77. The number of hydrogen-bond acceptors (Lipinski definition) is 4. The van der Waals surface area contributed by atoms with E-state index < -0.39 is 29.8 Å². The number of β-amino-alcohol motifs (C(OH)–C–C–N with tert-alkyl or cyclic N) is 1. The maximum absolute atomic E-state index is 12.7. The highest BCUT2D eigenvalue weighted by Crippen LogP contribution is 2.20. The van der Waals surface area contributed by atoms with Gasteiger partial charge >= 0.3 is 5.97 Å². The maximum Gasteiger partial charge on any atom is 0.326 e. The van der Waals surface area contributed by atoms with Crippen molar-refractivity contribution >= 4 is 11.9 Å². The summed E-state index contributed by atoms with van der Waals surface area (Å²) in [6.07, 6.45) is 0.00751. The number of carbonyl (C=O) groups excluding carboxylic acids is 1. The molecule has 1 aliphatic heterocycles. The molecule has 2 N–H and O–H groups in total. The third kappa shape index (κ3) is 2.30. The lowest BCUT2D eigenvalue weighted by Gasteiger charge is -2.20. The first kappa shape index (κ1) is 12.4. The van der Waals surface area contributed by atoms with Gasteiger partial charge in [-0.3, -0.25) is 4.79 Å². The number of hydrogen-bond donors (Lipinski definition) is 2. The average Bonchev–Trinajstić information content (AvgIpc) is 2.71. The number of aliphatic hydroxyl groups is 1. The van der Waals surface area contributed by atoms with Gasteiger partial charge in [-0.05, 0) is 12.1 Å². The molecule has 0 aromatic carbocycles. The van der Waals surface area contributed by atoms with Gasteiger partial charge in [-0.2, -0.15) is 0 Å². The van der Waals surface area contributed by atoms with Crippen LogP contribution in [0.25, 0.3) is 0 Å². The maximum atomic E-state index is 12.7. The molecule has 1 saturated heterocycles. The number of pyridine rings is 1. The van der Waals surface area contributed by atoms with E-state index in [-0.39, 0.29) is 18.7 Å². The molecule has 7 heteroatoms. The molecule has 2 atom stereocenters. The SMILES string of the molecule is O=C(O)[C@@H]1CC(O)CN1C(=O)c1ccc(F)cn1. The van der Waals surface area contributed by atoms with Gasteiger partial charge in [0.05, 0.1) is 12.3 Å². The van der Waals surface area contributed by atoms with Crippen LogP contribution in [0.1, 0.15) is 16.9 Å². The zero-order chi connectivity index (χ0) is 13.3. The van der Waals surface area contributed by atoms with Crippen molar-refractivity contribution in [3.63, 3.8) is 0 Å². The van der Waals surface area contributed by atoms with Crippen molar-refractivity contribution in [1.29, 1.82) is 0 Å². The number of rotatable bonds is 2. The Morgan fingerprint density at radius 2 is 2.17 bits per heavy atom. The number of halogens is 1. The van der Waals surface area contributed by atoms with Crippen molar-refractivity contribution in [3.05, 3.63) is 29.8 Å². The minimum absolute atomic E-state index is 0.0116. The van der Waals surface area contributed by atoms with Crippen molar-refractivity contribution in [1.82, 2.24) is 9.88 Å². The van der Waals surface area contributed by atoms with E-state index in [0.29, 0.717) is 0 Å². The van der Waals surface area contributed by atoms with E-state index in [1.54, 1.807) is 0 Å². The molecule has 1 amide bonds. The Hall–Kier alpha value is -2.02. The van der Waals surface area contributed by atoms with Gasteiger partial charge in [0.15, 0.2) is 0 Å². The van der Waals surface area contributed by atoms with Crippen LogP contribution >= 0.6 is 0 Å². The van der Waals surface area contributed by atoms with Crippen LogP contribution in [0.5, 0.6) is 0 Å². The minimum Gasteiger partial charge on any atom is -0.480 e. The molecular weight excluding hydrogens is 243 g/mol. The van der Waals surface area contributed by atoms with E-state index in [9.17, 15) is 19.1 Å². The summed E-state index contributed by atoms with van der Waals surface area (Å²) in [6, 6.07) is 1.18. The summed E-state index contributed by atoms with van der Waals surface area (Å²) < 4.78 is 12.7. The molecule has 0 radical (unpaired) electrons. The summed E-state index contributed by atoms with van der Waals surface area (Å²) in [6.45, 7) is -0.0607. The predicted octanol–water partition coefficient (Wildman–Crippen LogP) is -0.119. The van der Waals surface area contributed by atoms with Crippen LogP contribution in [-0.4, -0.2) is 50.7 Å². The van der Waals surface area contributed by atoms with E-state index in [1.807, 2.05) is 0 Å². The van der Waals surface area contributed by atoms with Gasteiger partial charge in [0.1, 0.15) is 17.6 Å². The number of aliphatic hydroxyl groups excluding tert-OH is 1.